The molecular weight excluding hydrogens is 250 g/mol. The van der Waals surface area contributed by atoms with Crippen LogP contribution in [0.4, 0.5) is 0 Å². The zero-order valence-electron chi connectivity index (χ0n) is 12.2. The zero-order valence-corrected chi connectivity index (χ0v) is 12.2. The van der Waals surface area contributed by atoms with Gasteiger partial charge < -0.3 is 15.8 Å². The van der Waals surface area contributed by atoms with Gasteiger partial charge in [0.2, 0.25) is 0 Å². The Morgan fingerprint density at radius 3 is 2.95 bits per heavy atom. The minimum absolute atomic E-state index is 0.556. The van der Waals surface area contributed by atoms with E-state index in [1.54, 1.807) is 0 Å². The predicted octanol–water partition coefficient (Wildman–Crippen LogP) is 2.12. The number of ether oxygens (including phenoxy) is 1. The number of benzene rings is 1. The highest BCUT2D eigenvalue weighted by atomic mass is 16.5. The van der Waals surface area contributed by atoms with Gasteiger partial charge in [0.25, 0.3) is 0 Å². The molecule has 0 heterocycles. The molecule has 3 N–H and O–H groups in total. The summed E-state index contributed by atoms with van der Waals surface area (Å²) in [5, 5.41) is 3.13. The second-order valence-electron chi connectivity index (χ2n) is 5.22. The molecule has 2 unspecified atom stereocenters. The van der Waals surface area contributed by atoms with Gasteiger partial charge in [0, 0.05) is 26.3 Å². The highest BCUT2D eigenvalue weighted by Crippen LogP contribution is 2.47. The highest BCUT2D eigenvalue weighted by molar-refractivity contribution is 5.77. The first-order chi connectivity index (χ1) is 9.81. The van der Waals surface area contributed by atoms with E-state index in [4.69, 9.17) is 10.5 Å². The first-order valence-electron chi connectivity index (χ1n) is 7.47. The molecule has 2 rings (SSSR count). The summed E-state index contributed by atoms with van der Waals surface area (Å²) >= 11 is 0. The maximum absolute atomic E-state index is 5.85. The van der Waals surface area contributed by atoms with Gasteiger partial charge in [-0.2, -0.15) is 0 Å². The molecule has 0 radical (unpaired) electrons. The van der Waals surface area contributed by atoms with Gasteiger partial charge in [-0.05, 0) is 37.2 Å². The molecule has 4 heteroatoms. The Labute approximate surface area is 121 Å². The molecule has 4 nitrogen and oxygen atoms in total. The minimum atomic E-state index is 0.556. The fourth-order valence-electron chi connectivity index (χ4n) is 2.36. The van der Waals surface area contributed by atoms with Gasteiger partial charge in [-0.25, -0.2) is 0 Å². The number of nitrogens with one attached hydrogen (secondary N) is 1. The van der Waals surface area contributed by atoms with Crippen LogP contribution in [-0.4, -0.2) is 32.3 Å². The fraction of sp³-hybridized carbons (Fsp3) is 0.562. The van der Waals surface area contributed by atoms with E-state index < -0.39 is 0 Å². The molecule has 110 valence electrons. The number of hydrogen-bond donors (Lipinski definition) is 2. The fourth-order valence-corrected chi connectivity index (χ4v) is 2.36. The van der Waals surface area contributed by atoms with Crippen molar-refractivity contribution in [1.82, 2.24) is 5.32 Å². The molecule has 20 heavy (non-hydrogen) atoms. The van der Waals surface area contributed by atoms with Crippen LogP contribution < -0.4 is 11.1 Å². The van der Waals surface area contributed by atoms with E-state index in [-0.39, 0.29) is 0 Å². The van der Waals surface area contributed by atoms with E-state index in [2.05, 4.69) is 40.6 Å². The van der Waals surface area contributed by atoms with Gasteiger partial charge in [-0.15, -0.1) is 0 Å². The second kappa shape index (κ2) is 7.90. The van der Waals surface area contributed by atoms with Crippen molar-refractivity contribution in [3.63, 3.8) is 0 Å². The summed E-state index contributed by atoms with van der Waals surface area (Å²) < 4.78 is 5.27. The number of aliphatic imine (C=N–C) groups is 1. The summed E-state index contributed by atoms with van der Waals surface area (Å²) in [6, 6.07) is 10.7. The molecule has 0 spiro atoms. The molecule has 1 aliphatic carbocycles. The Balaban J connectivity index is 1.62. The van der Waals surface area contributed by atoms with Gasteiger partial charge in [0.15, 0.2) is 5.96 Å². The van der Waals surface area contributed by atoms with Crippen molar-refractivity contribution in [2.75, 3.05) is 26.3 Å². The molecule has 1 fully saturated rings. The van der Waals surface area contributed by atoms with Crippen LogP contribution in [0.25, 0.3) is 0 Å². The summed E-state index contributed by atoms with van der Waals surface area (Å²) in [5.41, 5.74) is 7.27. The van der Waals surface area contributed by atoms with Crippen LogP contribution in [0.5, 0.6) is 0 Å². The third-order valence-electron chi connectivity index (χ3n) is 3.62. The van der Waals surface area contributed by atoms with Crippen molar-refractivity contribution in [2.24, 2.45) is 16.6 Å². The Hall–Kier alpha value is -1.55. The van der Waals surface area contributed by atoms with Crippen LogP contribution in [0.3, 0.4) is 0 Å². The molecule has 0 aromatic heterocycles. The number of rotatable bonds is 8. The Morgan fingerprint density at radius 1 is 1.40 bits per heavy atom. The van der Waals surface area contributed by atoms with Crippen molar-refractivity contribution in [1.29, 1.82) is 0 Å². The van der Waals surface area contributed by atoms with E-state index in [0.29, 0.717) is 17.8 Å². The maximum Gasteiger partial charge on any atom is 0.188 e. The number of nitrogens with zero attached hydrogens (tertiary/aromatic N) is 1. The lowest BCUT2D eigenvalue weighted by atomic mass is 10.1. The Kier molecular flexibility index (Phi) is 5.87. The maximum atomic E-state index is 5.85. The van der Waals surface area contributed by atoms with Crippen molar-refractivity contribution in [3.05, 3.63) is 35.9 Å². The molecule has 0 saturated heterocycles. The monoisotopic (exact) mass is 275 g/mol. The summed E-state index contributed by atoms with van der Waals surface area (Å²) in [6.07, 6.45) is 2.19. The van der Waals surface area contributed by atoms with Crippen LogP contribution in [0.15, 0.2) is 35.3 Å². The van der Waals surface area contributed by atoms with Crippen LogP contribution in [-0.2, 0) is 4.74 Å². The summed E-state index contributed by atoms with van der Waals surface area (Å²) in [5.74, 6) is 1.88. The van der Waals surface area contributed by atoms with Crippen molar-refractivity contribution < 1.29 is 4.74 Å². The van der Waals surface area contributed by atoms with Gasteiger partial charge in [0.05, 0.1) is 0 Å². The van der Waals surface area contributed by atoms with Crippen LogP contribution in [0, 0.1) is 5.92 Å². The second-order valence-corrected chi connectivity index (χ2v) is 5.22. The van der Waals surface area contributed by atoms with Gasteiger partial charge in [0.1, 0.15) is 0 Å². The average molecular weight is 275 g/mol. The quantitative estimate of drug-likeness (QED) is 0.434. The lowest BCUT2D eigenvalue weighted by Crippen LogP contribution is -2.33. The van der Waals surface area contributed by atoms with E-state index in [9.17, 15) is 0 Å². The topological polar surface area (TPSA) is 59.6 Å². The number of guanidine groups is 1. The Morgan fingerprint density at radius 2 is 2.20 bits per heavy atom. The van der Waals surface area contributed by atoms with Crippen LogP contribution in [0.1, 0.15) is 31.2 Å². The molecular formula is C16H25N3O. The molecule has 1 saturated carbocycles. The van der Waals surface area contributed by atoms with Gasteiger partial charge >= 0.3 is 0 Å². The zero-order chi connectivity index (χ0) is 14.2. The van der Waals surface area contributed by atoms with Gasteiger partial charge in [-0.1, -0.05) is 30.3 Å². The molecule has 1 aliphatic rings. The number of hydrogen-bond acceptors (Lipinski definition) is 2. The average Bonchev–Trinajstić information content (AvgIpc) is 3.25. The molecule has 1 aromatic rings. The molecule has 2 atom stereocenters. The minimum Gasteiger partial charge on any atom is -0.382 e. The summed E-state index contributed by atoms with van der Waals surface area (Å²) in [7, 11) is 0. The van der Waals surface area contributed by atoms with Crippen molar-refractivity contribution in [2.45, 2.75) is 25.7 Å². The largest absolute Gasteiger partial charge is 0.382 e. The third-order valence-corrected chi connectivity index (χ3v) is 3.62. The molecule has 0 bridgehead atoms. The Bertz CT molecular complexity index is 419. The lowest BCUT2D eigenvalue weighted by Gasteiger charge is -2.05. The summed E-state index contributed by atoms with van der Waals surface area (Å²) in [4.78, 5) is 4.42. The lowest BCUT2D eigenvalue weighted by molar-refractivity contribution is 0.145. The van der Waals surface area contributed by atoms with Crippen LogP contribution >= 0.6 is 0 Å². The van der Waals surface area contributed by atoms with Crippen molar-refractivity contribution >= 4 is 5.96 Å². The van der Waals surface area contributed by atoms with Gasteiger partial charge in [-0.3, -0.25) is 4.99 Å². The molecule has 1 aromatic carbocycles. The van der Waals surface area contributed by atoms with Crippen molar-refractivity contribution in [3.8, 4) is 0 Å². The normalized spacial score (nSPS) is 21.8. The molecule has 0 amide bonds. The smallest absolute Gasteiger partial charge is 0.188 e. The first-order valence-corrected chi connectivity index (χ1v) is 7.47. The SMILES string of the molecule is CCOCCCNC(N)=NCC1CC1c1ccccc1. The third kappa shape index (κ3) is 4.85. The summed E-state index contributed by atoms with van der Waals surface area (Å²) in [6.45, 7) is 5.19. The van der Waals surface area contributed by atoms with E-state index >= 15 is 0 Å². The van der Waals surface area contributed by atoms with E-state index in [1.165, 1.54) is 12.0 Å². The predicted molar refractivity (Wildman–Crippen MR) is 82.9 cm³/mol. The first kappa shape index (κ1) is 14.9. The highest BCUT2D eigenvalue weighted by Gasteiger charge is 2.37. The van der Waals surface area contributed by atoms with E-state index in [1.807, 2.05) is 6.92 Å². The standard InChI is InChI=1S/C16H25N3O/c1-2-20-10-6-9-18-16(17)19-12-14-11-15(14)13-7-4-3-5-8-13/h3-5,7-8,14-15H,2,6,9-12H2,1H3,(H3,17,18,19). The van der Waals surface area contributed by atoms with E-state index in [0.717, 1.165) is 32.7 Å². The molecule has 0 aliphatic heterocycles. The number of nitrogens with two attached hydrogens (primary N) is 1. The van der Waals surface area contributed by atoms with Crippen LogP contribution in [0.2, 0.25) is 0 Å².